The maximum Gasteiger partial charge on any atom is 0.387 e. The van der Waals surface area contributed by atoms with Crippen molar-refractivity contribution in [2.45, 2.75) is 6.61 Å². The van der Waals surface area contributed by atoms with E-state index in [4.69, 9.17) is 4.52 Å². The predicted molar refractivity (Wildman–Crippen MR) is 71.8 cm³/mol. The van der Waals surface area contributed by atoms with Gasteiger partial charge in [-0.25, -0.2) is 0 Å². The highest BCUT2D eigenvalue weighted by atomic mass is 19.3. The molecule has 4 nitrogen and oxygen atoms in total. The summed E-state index contributed by atoms with van der Waals surface area (Å²) < 4.78 is 33.6. The lowest BCUT2D eigenvalue weighted by Gasteiger charge is -2.03. The molecule has 0 amide bonds. The molecule has 0 aliphatic heterocycles. The summed E-state index contributed by atoms with van der Waals surface area (Å²) in [7, 11) is 0. The van der Waals surface area contributed by atoms with Gasteiger partial charge in [0.05, 0.1) is 0 Å². The fourth-order valence-corrected chi connectivity index (χ4v) is 1.82. The second-order valence-corrected chi connectivity index (χ2v) is 4.19. The van der Waals surface area contributed by atoms with Gasteiger partial charge in [-0.3, -0.25) is 0 Å². The minimum absolute atomic E-state index is 0.0801. The zero-order valence-electron chi connectivity index (χ0n) is 10.7. The van der Waals surface area contributed by atoms with Gasteiger partial charge in [-0.1, -0.05) is 35.5 Å². The maximum absolute atomic E-state index is 12.1. The van der Waals surface area contributed by atoms with E-state index in [-0.39, 0.29) is 5.75 Å². The Morgan fingerprint density at radius 3 is 2.29 bits per heavy atom. The quantitative estimate of drug-likeness (QED) is 0.728. The molecule has 106 valence electrons. The molecule has 0 bridgehead atoms. The van der Waals surface area contributed by atoms with Crippen LogP contribution in [0.5, 0.6) is 5.75 Å². The second kappa shape index (κ2) is 5.70. The van der Waals surface area contributed by atoms with E-state index in [2.05, 4.69) is 14.9 Å². The molecule has 3 aromatic rings. The Morgan fingerprint density at radius 2 is 1.62 bits per heavy atom. The zero-order valence-corrected chi connectivity index (χ0v) is 10.7. The Kier molecular flexibility index (Phi) is 3.59. The van der Waals surface area contributed by atoms with Crippen LogP contribution in [0.25, 0.3) is 22.8 Å². The number of nitrogens with zero attached hydrogens (tertiary/aromatic N) is 2. The van der Waals surface area contributed by atoms with Crippen LogP contribution in [-0.2, 0) is 0 Å². The number of alkyl halides is 2. The molecule has 3 rings (SSSR count). The number of benzene rings is 2. The Labute approximate surface area is 119 Å². The Hall–Kier alpha value is -2.76. The molecule has 1 aromatic heterocycles. The molecule has 0 saturated heterocycles. The summed E-state index contributed by atoms with van der Waals surface area (Å²) in [6.07, 6.45) is 0. The minimum Gasteiger partial charge on any atom is -0.435 e. The molecule has 2 aromatic carbocycles. The van der Waals surface area contributed by atoms with Crippen molar-refractivity contribution in [1.29, 1.82) is 0 Å². The summed E-state index contributed by atoms with van der Waals surface area (Å²) >= 11 is 0. The summed E-state index contributed by atoms with van der Waals surface area (Å²) in [6, 6.07) is 15.4. The van der Waals surface area contributed by atoms with E-state index in [1.165, 1.54) is 12.1 Å². The van der Waals surface area contributed by atoms with Gasteiger partial charge >= 0.3 is 6.61 Å². The lowest BCUT2D eigenvalue weighted by Crippen LogP contribution is -2.01. The highest BCUT2D eigenvalue weighted by Gasteiger charge is 2.11. The van der Waals surface area contributed by atoms with Crippen LogP contribution in [0, 0.1) is 0 Å². The summed E-state index contributed by atoms with van der Waals surface area (Å²) in [6.45, 7) is -2.84. The lowest BCUT2D eigenvalue weighted by atomic mass is 10.2. The molecule has 0 saturated carbocycles. The van der Waals surface area contributed by atoms with Crippen LogP contribution in [0.1, 0.15) is 0 Å². The van der Waals surface area contributed by atoms with Crippen LogP contribution in [0.4, 0.5) is 8.78 Å². The summed E-state index contributed by atoms with van der Waals surface area (Å²) in [5.41, 5.74) is 1.47. The number of hydrogen-bond donors (Lipinski definition) is 0. The van der Waals surface area contributed by atoms with Gasteiger partial charge in [0, 0.05) is 11.1 Å². The highest BCUT2D eigenvalue weighted by molar-refractivity contribution is 5.60. The number of rotatable bonds is 4. The van der Waals surface area contributed by atoms with E-state index in [0.717, 1.165) is 5.56 Å². The van der Waals surface area contributed by atoms with E-state index in [1.54, 1.807) is 12.1 Å². The van der Waals surface area contributed by atoms with Gasteiger partial charge in [-0.05, 0) is 24.3 Å². The fraction of sp³-hybridized carbons (Fsp3) is 0.0667. The van der Waals surface area contributed by atoms with Crippen LogP contribution in [0.15, 0.2) is 59.1 Å². The van der Waals surface area contributed by atoms with Crippen molar-refractivity contribution in [1.82, 2.24) is 10.1 Å². The average molecular weight is 288 g/mol. The largest absolute Gasteiger partial charge is 0.435 e. The standard InChI is InChI=1S/C15H10F2N2O2/c16-15(17)20-12-8-6-11(7-9-12)14-18-13(19-21-14)10-4-2-1-3-5-10/h1-9,15H. The van der Waals surface area contributed by atoms with Crippen LogP contribution < -0.4 is 4.74 Å². The first-order valence-corrected chi connectivity index (χ1v) is 6.17. The SMILES string of the molecule is FC(F)Oc1ccc(-c2nc(-c3ccccc3)no2)cc1. The van der Waals surface area contributed by atoms with Crippen molar-refractivity contribution in [3.8, 4) is 28.6 Å². The van der Waals surface area contributed by atoms with E-state index in [0.29, 0.717) is 17.3 Å². The molecule has 0 N–H and O–H groups in total. The van der Waals surface area contributed by atoms with Crippen molar-refractivity contribution >= 4 is 0 Å². The van der Waals surface area contributed by atoms with Gasteiger partial charge in [-0.15, -0.1) is 0 Å². The molecule has 0 radical (unpaired) electrons. The number of hydrogen-bond acceptors (Lipinski definition) is 4. The second-order valence-electron chi connectivity index (χ2n) is 4.19. The van der Waals surface area contributed by atoms with Crippen molar-refractivity contribution in [3.05, 3.63) is 54.6 Å². The summed E-state index contributed by atoms with van der Waals surface area (Å²) in [4.78, 5) is 4.27. The molecular weight excluding hydrogens is 278 g/mol. The summed E-state index contributed by atoms with van der Waals surface area (Å²) in [5.74, 6) is 0.868. The molecule has 0 aliphatic carbocycles. The first kappa shape index (κ1) is 13.2. The molecule has 0 fully saturated rings. The molecule has 0 spiro atoms. The topological polar surface area (TPSA) is 48.2 Å². The molecule has 0 aliphatic rings. The third-order valence-electron chi connectivity index (χ3n) is 2.78. The summed E-state index contributed by atoms with van der Waals surface area (Å²) in [5, 5.41) is 3.90. The van der Waals surface area contributed by atoms with Crippen molar-refractivity contribution in [2.75, 3.05) is 0 Å². The maximum atomic E-state index is 12.1. The monoisotopic (exact) mass is 288 g/mol. The van der Waals surface area contributed by atoms with Gasteiger partial charge in [-0.2, -0.15) is 13.8 Å². The van der Waals surface area contributed by atoms with Crippen LogP contribution in [0.2, 0.25) is 0 Å². The van der Waals surface area contributed by atoms with E-state index in [1.807, 2.05) is 30.3 Å². The van der Waals surface area contributed by atoms with Gasteiger partial charge in [0.25, 0.3) is 5.89 Å². The van der Waals surface area contributed by atoms with E-state index >= 15 is 0 Å². The highest BCUT2D eigenvalue weighted by Crippen LogP contribution is 2.24. The number of ether oxygens (including phenoxy) is 1. The first-order chi connectivity index (χ1) is 10.2. The lowest BCUT2D eigenvalue weighted by molar-refractivity contribution is -0.0498. The normalized spacial score (nSPS) is 10.8. The molecule has 0 unspecified atom stereocenters. The molecule has 0 atom stereocenters. The van der Waals surface area contributed by atoms with Crippen LogP contribution in [-0.4, -0.2) is 16.8 Å². The molecule has 21 heavy (non-hydrogen) atoms. The van der Waals surface area contributed by atoms with Crippen molar-refractivity contribution < 1.29 is 18.0 Å². The van der Waals surface area contributed by atoms with Gasteiger partial charge in [0.15, 0.2) is 0 Å². The minimum atomic E-state index is -2.84. The number of halogens is 2. The first-order valence-electron chi connectivity index (χ1n) is 6.17. The van der Waals surface area contributed by atoms with Crippen LogP contribution >= 0.6 is 0 Å². The fourth-order valence-electron chi connectivity index (χ4n) is 1.82. The Balaban J connectivity index is 1.83. The van der Waals surface area contributed by atoms with E-state index in [9.17, 15) is 8.78 Å². The van der Waals surface area contributed by atoms with Gasteiger partial charge < -0.3 is 9.26 Å². The zero-order chi connectivity index (χ0) is 14.7. The molecule has 6 heteroatoms. The third-order valence-corrected chi connectivity index (χ3v) is 2.78. The van der Waals surface area contributed by atoms with E-state index < -0.39 is 6.61 Å². The smallest absolute Gasteiger partial charge is 0.387 e. The third kappa shape index (κ3) is 3.05. The Morgan fingerprint density at radius 1 is 0.905 bits per heavy atom. The molecule has 1 heterocycles. The Bertz CT molecular complexity index is 712. The molecular formula is C15H10F2N2O2. The average Bonchev–Trinajstić information content (AvgIpc) is 2.98. The number of aromatic nitrogens is 2. The van der Waals surface area contributed by atoms with Gasteiger partial charge in [0.1, 0.15) is 5.75 Å². The van der Waals surface area contributed by atoms with Crippen molar-refractivity contribution in [2.24, 2.45) is 0 Å². The van der Waals surface area contributed by atoms with Crippen molar-refractivity contribution in [3.63, 3.8) is 0 Å². The van der Waals surface area contributed by atoms with Gasteiger partial charge in [0.2, 0.25) is 5.82 Å². The van der Waals surface area contributed by atoms with Crippen LogP contribution in [0.3, 0.4) is 0 Å². The predicted octanol–water partition coefficient (Wildman–Crippen LogP) is 4.01.